The molecule has 0 aliphatic heterocycles. The van der Waals surface area contributed by atoms with Crippen LogP contribution in [0.3, 0.4) is 0 Å². The van der Waals surface area contributed by atoms with Crippen LogP contribution in [0.4, 0.5) is 0 Å². The zero-order valence-electron chi connectivity index (χ0n) is 7.53. The Morgan fingerprint density at radius 3 is 2.43 bits per heavy atom. The Balaban J connectivity index is 2.88. The predicted octanol–water partition coefficient (Wildman–Crippen LogP) is 2.36. The highest BCUT2D eigenvalue weighted by Gasteiger charge is 2.02. The van der Waals surface area contributed by atoms with E-state index in [1.165, 1.54) is 6.08 Å². The fourth-order valence-electron chi connectivity index (χ4n) is 0.908. The van der Waals surface area contributed by atoms with Gasteiger partial charge in [-0.1, -0.05) is 23.7 Å². The van der Waals surface area contributed by atoms with Gasteiger partial charge in [0.1, 0.15) is 10.8 Å². The van der Waals surface area contributed by atoms with Crippen LogP contribution in [-0.2, 0) is 4.79 Å². The summed E-state index contributed by atoms with van der Waals surface area (Å²) in [5.41, 5.74) is 0.721. The van der Waals surface area contributed by atoms with E-state index in [1.54, 1.807) is 31.4 Å². The molecule has 1 N–H and O–H groups in total. The van der Waals surface area contributed by atoms with E-state index in [2.05, 4.69) is 0 Å². The molecule has 0 radical (unpaired) electrons. The molecule has 14 heavy (non-hydrogen) atoms. The van der Waals surface area contributed by atoms with Crippen molar-refractivity contribution in [3.8, 4) is 5.75 Å². The summed E-state index contributed by atoms with van der Waals surface area (Å²) in [4.78, 5) is 10.4. The third-order valence-electron chi connectivity index (χ3n) is 1.61. The maximum atomic E-state index is 10.4. The molecule has 3 nitrogen and oxygen atoms in total. The Bertz CT molecular complexity index is 354. The average Bonchev–Trinajstić information content (AvgIpc) is 2.19. The number of carboxylic acids is 1. The summed E-state index contributed by atoms with van der Waals surface area (Å²) in [5, 5.41) is 8.31. The standard InChI is InChI=1S/C10H9ClO3/c1-14-8-4-2-7(3-5-8)6-9(11)10(12)13/h2-6H,1H3,(H,12,13)/b9-6-. The quantitative estimate of drug-likeness (QED) is 0.783. The summed E-state index contributed by atoms with van der Waals surface area (Å²) in [6.07, 6.45) is 1.38. The van der Waals surface area contributed by atoms with Crippen LogP contribution in [0.2, 0.25) is 0 Å². The first-order valence-electron chi connectivity index (χ1n) is 3.88. The van der Waals surface area contributed by atoms with Gasteiger partial charge in [-0.15, -0.1) is 0 Å². The van der Waals surface area contributed by atoms with Crippen molar-refractivity contribution in [3.63, 3.8) is 0 Å². The number of ether oxygens (including phenoxy) is 1. The van der Waals surface area contributed by atoms with E-state index >= 15 is 0 Å². The minimum Gasteiger partial charge on any atom is -0.497 e. The monoisotopic (exact) mass is 212 g/mol. The van der Waals surface area contributed by atoms with Crippen LogP contribution in [0, 0.1) is 0 Å². The van der Waals surface area contributed by atoms with Gasteiger partial charge in [0.15, 0.2) is 0 Å². The second-order valence-corrected chi connectivity index (χ2v) is 2.98. The minimum atomic E-state index is -1.14. The number of benzene rings is 1. The molecule has 1 aromatic rings. The number of halogens is 1. The molecule has 4 heteroatoms. The molecule has 74 valence electrons. The molecule has 0 atom stereocenters. The van der Waals surface area contributed by atoms with E-state index in [0.29, 0.717) is 5.75 Å². The lowest BCUT2D eigenvalue weighted by Gasteiger charge is -1.99. The van der Waals surface area contributed by atoms with Crippen molar-refractivity contribution in [1.82, 2.24) is 0 Å². The van der Waals surface area contributed by atoms with Crippen molar-refractivity contribution in [2.45, 2.75) is 0 Å². The first-order valence-corrected chi connectivity index (χ1v) is 4.26. The molecular formula is C10H9ClO3. The fraction of sp³-hybridized carbons (Fsp3) is 0.100. The van der Waals surface area contributed by atoms with Crippen molar-refractivity contribution < 1.29 is 14.6 Å². The third kappa shape index (κ3) is 2.78. The molecular weight excluding hydrogens is 204 g/mol. The number of hydrogen-bond acceptors (Lipinski definition) is 2. The van der Waals surface area contributed by atoms with Gasteiger partial charge >= 0.3 is 5.97 Å². The summed E-state index contributed by atoms with van der Waals surface area (Å²) in [5.74, 6) is -0.420. The van der Waals surface area contributed by atoms with Gasteiger partial charge in [0, 0.05) is 0 Å². The van der Waals surface area contributed by atoms with Crippen molar-refractivity contribution in [3.05, 3.63) is 34.9 Å². The lowest BCUT2D eigenvalue weighted by molar-refractivity contribution is -0.131. The summed E-state index contributed by atoms with van der Waals surface area (Å²) >= 11 is 5.45. The zero-order valence-corrected chi connectivity index (χ0v) is 8.28. The highest BCUT2D eigenvalue weighted by Crippen LogP contribution is 2.15. The minimum absolute atomic E-state index is 0.213. The lowest BCUT2D eigenvalue weighted by Crippen LogP contribution is -1.93. The Morgan fingerprint density at radius 1 is 1.43 bits per heavy atom. The highest BCUT2D eigenvalue weighted by atomic mass is 35.5. The number of carboxylic acid groups (broad SMARTS) is 1. The van der Waals surface area contributed by atoms with Gasteiger partial charge in [0.2, 0.25) is 0 Å². The lowest BCUT2D eigenvalue weighted by atomic mass is 10.2. The smallest absolute Gasteiger partial charge is 0.347 e. The second-order valence-electron chi connectivity index (χ2n) is 2.57. The number of methoxy groups -OCH3 is 1. The molecule has 0 aliphatic rings. The van der Waals surface area contributed by atoms with E-state index in [1.807, 2.05) is 0 Å². The van der Waals surface area contributed by atoms with Crippen LogP contribution in [0.5, 0.6) is 5.75 Å². The van der Waals surface area contributed by atoms with E-state index < -0.39 is 5.97 Å². The molecule has 0 aliphatic carbocycles. The molecule has 0 aromatic heterocycles. The Hall–Kier alpha value is -1.48. The van der Waals surface area contributed by atoms with Gasteiger partial charge in [0.05, 0.1) is 7.11 Å². The summed E-state index contributed by atoms with van der Waals surface area (Å²) in [7, 11) is 1.56. The molecule has 1 aromatic carbocycles. The first kappa shape index (κ1) is 10.6. The van der Waals surface area contributed by atoms with Crippen LogP contribution >= 0.6 is 11.6 Å². The number of hydrogen-bond donors (Lipinski definition) is 1. The molecule has 0 saturated carbocycles. The van der Waals surface area contributed by atoms with Crippen LogP contribution in [0.1, 0.15) is 5.56 Å². The third-order valence-corrected chi connectivity index (χ3v) is 1.88. The van der Waals surface area contributed by atoms with Crippen molar-refractivity contribution in [2.24, 2.45) is 0 Å². The van der Waals surface area contributed by atoms with Gasteiger partial charge in [-0.05, 0) is 23.8 Å². The molecule has 0 spiro atoms. The maximum Gasteiger partial charge on any atom is 0.347 e. The largest absolute Gasteiger partial charge is 0.497 e. The number of rotatable bonds is 3. The van der Waals surface area contributed by atoms with E-state index in [4.69, 9.17) is 21.4 Å². The average molecular weight is 213 g/mol. The van der Waals surface area contributed by atoms with Crippen LogP contribution in [0.25, 0.3) is 6.08 Å². The highest BCUT2D eigenvalue weighted by molar-refractivity contribution is 6.42. The van der Waals surface area contributed by atoms with E-state index in [-0.39, 0.29) is 5.03 Å². The van der Waals surface area contributed by atoms with Crippen molar-refractivity contribution >= 4 is 23.6 Å². The molecule has 0 amide bonds. The summed E-state index contributed by atoms with van der Waals surface area (Å²) in [6, 6.07) is 6.92. The summed E-state index contributed by atoms with van der Waals surface area (Å²) in [6.45, 7) is 0. The first-order chi connectivity index (χ1) is 6.63. The van der Waals surface area contributed by atoms with E-state index in [0.717, 1.165) is 5.56 Å². The zero-order chi connectivity index (χ0) is 10.6. The molecule has 0 heterocycles. The van der Waals surface area contributed by atoms with Crippen molar-refractivity contribution in [1.29, 1.82) is 0 Å². The number of aliphatic carboxylic acids is 1. The molecule has 0 fully saturated rings. The molecule has 0 bridgehead atoms. The fourth-order valence-corrected chi connectivity index (χ4v) is 1.03. The molecule has 0 unspecified atom stereocenters. The van der Waals surface area contributed by atoms with Crippen molar-refractivity contribution in [2.75, 3.05) is 7.11 Å². The van der Waals surface area contributed by atoms with Crippen LogP contribution in [0.15, 0.2) is 29.3 Å². The predicted molar refractivity (Wildman–Crippen MR) is 54.5 cm³/mol. The Morgan fingerprint density at radius 2 is 2.00 bits per heavy atom. The van der Waals surface area contributed by atoms with Crippen LogP contribution in [-0.4, -0.2) is 18.2 Å². The number of carbonyl (C=O) groups is 1. The SMILES string of the molecule is COc1ccc(/C=C(\Cl)C(=O)O)cc1. The molecule has 0 saturated heterocycles. The maximum absolute atomic E-state index is 10.4. The van der Waals surface area contributed by atoms with Gasteiger partial charge in [-0.3, -0.25) is 0 Å². The van der Waals surface area contributed by atoms with E-state index in [9.17, 15) is 4.79 Å². The van der Waals surface area contributed by atoms with Gasteiger partial charge < -0.3 is 9.84 Å². The second kappa shape index (κ2) is 4.67. The van der Waals surface area contributed by atoms with Gasteiger partial charge in [0.25, 0.3) is 0 Å². The van der Waals surface area contributed by atoms with Gasteiger partial charge in [-0.2, -0.15) is 0 Å². The topological polar surface area (TPSA) is 46.5 Å². The summed E-state index contributed by atoms with van der Waals surface area (Å²) < 4.78 is 4.95. The Labute approximate surface area is 86.6 Å². The van der Waals surface area contributed by atoms with Crippen LogP contribution < -0.4 is 4.74 Å². The normalized spacial score (nSPS) is 11.1. The van der Waals surface area contributed by atoms with Gasteiger partial charge in [-0.25, -0.2) is 4.79 Å². The Kier molecular flexibility index (Phi) is 3.54. The molecule has 1 rings (SSSR count).